The summed E-state index contributed by atoms with van der Waals surface area (Å²) in [7, 11) is 1.67. The third kappa shape index (κ3) is 3.74. The van der Waals surface area contributed by atoms with Crippen molar-refractivity contribution < 1.29 is 17.9 Å². The van der Waals surface area contributed by atoms with E-state index in [1.54, 1.807) is 7.05 Å². The second-order valence-electron chi connectivity index (χ2n) is 10.3. The molecule has 2 saturated heterocycles. The second-order valence-corrected chi connectivity index (χ2v) is 10.3. The van der Waals surface area contributed by atoms with Crippen molar-refractivity contribution in [1.29, 1.82) is 0 Å². The minimum Gasteiger partial charge on any atom is -0.492 e. The van der Waals surface area contributed by atoms with Crippen LogP contribution in [0.5, 0.6) is 5.75 Å². The van der Waals surface area contributed by atoms with Crippen LogP contribution in [0.25, 0.3) is 10.9 Å². The lowest BCUT2D eigenvalue weighted by atomic mass is 10.0. The van der Waals surface area contributed by atoms with Crippen molar-refractivity contribution in [2.75, 3.05) is 24.6 Å². The van der Waals surface area contributed by atoms with E-state index in [2.05, 4.69) is 20.3 Å². The summed E-state index contributed by atoms with van der Waals surface area (Å²) in [6, 6.07) is 4.14. The number of ether oxygens (including phenoxy) is 1. The van der Waals surface area contributed by atoms with Gasteiger partial charge in [-0.15, -0.1) is 0 Å². The molecule has 3 aliphatic heterocycles. The number of benzene rings is 2. The summed E-state index contributed by atoms with van der Waals surface area (Å²) in [4.78, 5) is 34.1. The van der Waals surface area contributed by atoms with Gasteiger partial charge >= 0.3 is 5.69 Å². The molecule has 39 heavy (non-hydrogen) atoms. The zero-order valence-corrected chi connectivity index (χ0v) is 21.0. The van der Waals surface area contributed by atoms with Crippen LogP contribution in [0.1, 0.15) is 23.4 Å². The van der Waals surface area contributed by atoms with Gasteiger partial charge in [0.1, 0.15) is 17.5 Å². The summed E-state index contributed by atoms with van der Waals surface area (Å²) < 4.78 is 51.7. The van der Waals surface area contributed by atoms with E-state index in [-0.39, 0.29) is 41.4 Å². The maximum atomic E-state index is 14.1. The average molecular weight is 540 g/mol. The van der Waals surface area contributed by atoms with Gasteiger partial charge in [-0.3, -0.25) is 18.6 Å². The normalized spacial score (nSPS) is 19.7. The first-order valence-corrected chi connectivity index (χ1v) is 12.7. The number of aromatic nitrogens is 5. The largest absolute Gasteiger partial charge is 0.492 e. The van der Waals surface area contributed by atoms with Crippen LogP contribution >= 0.6 is 0 Å². The highest BCUT2D eigenvalue weighted by Crippen LogP contribution is 2.42. The zero-order chi connectivity index (χ0) is 27.0. The number of hydrogen-bond acceptors (Lipinski definition) is 7. The molecule has 2 bridgehead atoms. The molecule has 5 heterocycles. The molecule has 202 valence electrons. The molecule has 2 fully saturated rings. The fourth-order valence-corrected chi connectivity index (χ4v) is 6.10. The van der Waals surface area contributed by atoms with Gasteiger partial charge in [0.05, 0.1) is 25.2 Å². The lowest BCUT2D eigenvalue weighted by molar-refractivity contribution is 0.359. The van der Waals surface area contributed by atoms with Crippen molar-refractivity contribution in [2.24, 2.45) is 7.05 Å². The number of anilines is 1. The number of nitrogens with one attached hydrogen (secondary N) is 1. The average Bonchev–Trinajstić information content (AvgIpc) is 3.72. The number of halogens is 3. The highest BCUT2D eigenvalue weighted by atomic mass is 19.2. The predicted octanol–water partition coefficient (Wildman–Crippen LogP) is 1.29. The SMILES string of the molecule is Cn1cnc(Cn2c(=O)c3c4c(c(N5C[C@H]6C[C@@H]5CN6)cc3n(Cc3cc(F)c(F)c(F)c3)c2=O)CCO4)n1. The Bertz CT molecular complexity index is 1760. The maximum Gasteiger partial charge on any atom is 0.332 e. The van der Waals surface area contributed by atoms with Gasteiger partial charge in [-0.05, 0) is 30.2 Å². The summed E-state index contributed by atoms with van der Waals surface area (Å²) in [5.41, 5.74) is 0.828. The maximum absolute atomic E-state index is 14.1. The number of hydrogen-bond donors (Lipinski definition) is 1. The van der Waals surface area contributed by atoms with Crippen molar-refractivity contribution in [3.8, 4) is 5.75 Å². The van der Waals surface area contributed by atoms with Crippen LogP contribution in [-0.4, -0.2) is 55.7 Å². The van der Waals surface area contributed by atoms with Gasteiger partial charge in [-0.2, -0.15) is 5.10 Å². The van der Waals surface area contributed by atoms with Gasteiger partial charge < -0.3 is 15.0 Å². The fourth-order valence-electron chi connectivity index (χ4n) is 6.10. The molecule has 7 rings (SSSR count). The van der Waals surface area contributed by atoms with Crippen molar-refractivity contribution in [3.05, 3.63) is 79.8 Å². The quantitative estimate of drug-likeness (QED) is 0.382. The van der Waals surface area contributed by atoms with Gasteiger partial charge in [-0.25, -0.2) is 22.9 Å². The van der Waals surface area contributed by atoms with E-state index in [9.17, 15) is 22.8 Å². The lowest BCUT2D eigenvalue weighted by Crippen LogP contribution is -2.44. The molecule has 0 amide bonds. The minimum absolute atomic E-state index is 0.0309. The van der Waals surface area contributed by atoms with E-state index in [1.165, 1.54) is 15.6 Å². The highest BCUT2D eigenvalue weighted by molar-refractivity contribution is 5.92. The second kappa shape index (κ2) is 8.70. The van der Waals surface area contributed by atoms with Gasteiger partial charge in [0.25, 0.3) is 5.56 Å². The third-order valence-corrected chi connectivity index (χ3v) is 7.85. The molecule has 0 aliphatic carbocycles. The van der Waals surface area contributed by atoms with Crippen LogP contribution < -0.4 is 26.2 Å². The Morgan fingerprint density at radius 3 is 2.56 bits per heavy atom. The topological polar surface area (TPSA) is 99.2 Å². The summed E-state index contributed by atoms with van der Waals surface area (Å²) >= 11 is 0. The van der Waals surface area contributed by atoms with Crippen molar-refractivity contribution in [3.63, 3.8) is 0 Å². The molecule has 0 saturated carbocycles. The zero-order valence-electron chi connectivity index (χ0n) is 21.0. The molecule has 0 radical (unpaired) electrons. The molecule has 1 N–H and O–H groups in total. The molecular formula is C26H24F3N7O3. The number of fused-ring (bicyclic) bond motifs is 5. The van der Waals surface area contributed by atoms with E-state index >= 15 is 0 Å². The molecule has 0 spiro atoms. The van der Waals surface area contributed by atoms with Crippen LogP contribution in [0.2, 0.25) is 0 Å². The Morgan fingerprint density at radius 1 is 1.10 bits per heavy atom. The Balaban J connectivity index is 1.48. The Morgan fingerprint density at radius 2 is 1.90 bits per heavy atom. The molecule has 2 atom stereocenters. The first-order chi connectivity index (χ1) is 18.8. The molecule has 10 nitrogen and oxygen atoms in total. The smallest absolute Gasteiger partial charge is 0.332 e. The van der Waals surface area contributed by atoms with Gasteiger partial charge in [-0.1, -0.05) is 0 Å². The van der Waals surface area contributed by atoms with Crippen molar-refractivity contribution >= 4 is 16.6 Å². The number of piperazine rings is 1. The monoisotopic (exact) mass is 539 g/mol. The molecule has 4 aromatic rings. The van der Waals surface area contributed by atoms with E-state index in [0.29, 0.717) is 24.8 Å². The molecule has 13 heteroatoms. The number of rotatable bonds is 5. The fraction of sp³-hybridized carbons (Fsp3) is 0.385. The molecular weight excluding hydrogens is 515 g/mol. The van der Waals surface area contributed by atoms with Crippen LogP contribution in [0, 0.1) is 17.5 Å². The molecule has 2 aromatic carbocycles. The van der Waals surface area contributed by atoms with Gasteiger partial charge in [0, 0.05) is 49.9 Å². The molecule has 2 aromatic heterocycles. The van der Waals surface area contributed by atoms with Crippen LogP contribution in [0.4, 0.5) is 18.9 Å². The summed E-state index contributed by atoms with van der Waals surface area (Å²) in [5, 5.41) is 7.86. The van der Waals surface area contributed by atoms with Gasteiger partial charge in [0.2, 0.25) is 0 Å². The summed E-state index contributed by atoms with van der Waals surface area (Å²) in [6.07, 6.45) is 3.06. The number of aryl methyl sites for hydroxylation is 1. The third-order valence-electron chi connectivity index (χ3n) is 7.85. The van der Waals surface area contributed by atoms with E-state index in [1.807, 2.05) is 6.07 Å². The van der Waals surface area contributed by atoms with Gasteiger partial charge in [0.15, 0.2) is 23.3 Å². The predicted molar refractivity (Wildman–Crippen MR) is 135 cm³/mol. The Labute approximate surface area is 219 Å². The van der Waals surface area contributed by atoms with Crippen LogP contribution in [0.3, 0.4) is 0 Å². The van der Waals surface area contributed by atoms with E-state index < -0.39 is 28.7 Å². The summed E-state index contributed by atoms with van der Waals surface area (Å²) in [5.74, 6) is -3.65. The minimum atomic E-state index is -1.59. The first kappa shape index (κ1) is 23.9. The standard InChI is InChI=1S/C26H24F3N7O3/c1-33-12-31-21(32-33)11-36-25(37)22-20(35(26(36)38)9-13-4-17(27)23(29)18(28)5-13)7-19(16-2-3-39-24(16)22)34-10-14-6-15(34)8-30-14/h4-5,7,12,14-15,30H,2-3,6,8-11H2,1H3/t14-,15-/m1/s1. The number of nitrogens with zero attached hydrogens (tertiary/aromatic N) is 6. The molecule has 3 aliphatic rings. The van der Waals surface area contributed by atoms with Crippen molar-refractivity contribution in [2.45, 2.75) is 38.0 Å². The molecule has 0 unspecified atom stereocenters. The van der Waals surface area contributed by atoms with Crippen LogP contribution in [0.15, 0.2) is 34.1 Å². The Kier molecular flexibility index (Phi) is 5.34. The Hall–Kier alpha value is -4.13. The summed E-state index contributed by atoms with van der Waals surface area (Å²) in [6.45, 7) is 1.49. The van der Waals surface area contributed by atoms with E-state index in [0.717, 1.165) is 47.5 Å². The first-order valence-electron chi connectivity index (χ1n) is 12.7. The lowest BCUT2D eigenvalue weighted by Gasteiger charge is -2.31. The highest BCUT2D eigenvalue weighted by Gasteiger charge is 2.40. The van der Waals surface area contributed by atoms with Crippen LogP contribution in [-0.2, 0) is 26.6 Å². The van der Waals surface area contributed by atoms with E-state index in [4.69, 9.17) is 4.74 Å². The van der Waals surface area contributed by atoms with Crippen molar-refractivity contribution in [1.82, 2.24) is 29.2 Å².